The van der Waals surface area contributed by atoms with Crippen molar-refractivity contribution in [1.29, 1.82) is 0 Å². The Hall–Kier alpha value is -2.49. The molecule has 0 spiro atoms. The Kier molecular flexibility index (Phi) is 5.21. The van der Waals surface area contributed by atoms with Gasteiger partial charge in [-0.05, 0) is 42.3 Å². The third-order valence-corrected chi connectivity index (χ3v) is 3.15. The molecule has 0 aromatic heterocycles. The highest BCUT2D eigenvalue weighted by Gasteiger charge is 2.00. The summed E-state index contributed by atoms with van der Waals surface area (Å²) >= 11 is 0. The molecule has 0 heterocycles. The lowest BCUT2D eigenvalue weighted by molar-refractivity contribution is 0.412. The fraction of sp³-hybridized carbons (Fsp3) is 0.235. The average Bonchev–Trinajstić information content (AvgIpc) is 2.53. The molecule has 1 N–H and O–H groups in total. The lowest BCUT2D eigenvalue weighted by atomic mass is 10.1. The minimum absolute atomic E-state index is 0.198. The highest BCUT2D eigenvalue weighted by molar-refractivity contribution is 5.84. The van der Waals surface area contributed by atoms with Crippen molar-refractivity contribution in [2.24, 2.45) is 4.99 Å². The molecule has 0 amide bonds. The molecule has 0 atom stereocenters. The molecular weight excluding hydrogens is 266 g/mol. The molecule has 0 aliphatic heterocycles. The first-order chi connectivity index (χ1) is 10.2. The lowest BCUT2D eigenvalue weighted by Crippen LogP contribution is -1.92. The number of rotatable bonds is 6. The van der Waals surface area contributed by atoms with Crippen LogP contribution in [0.4, 0.5) is 0 Å². The molecule has 0 aliphatic rings. The third kappa shape index (κ3) is 4.24. The molecule has 0 bridgehead atoms. The van der Waals surface area contributed by atoms with Gasteiger partial charge in [0, 0.05) is 18.3 Å². The molecule has 110 valence electrons. The number of phenolic OH excluding ortho intramolecular Hbond substituents is 1. The summed E-state index contributed by atoms with van der Waals surface area (Å²) in [6.07, 6.45) is 2.51. The van der Waals surface area contributed by atoms with Crippen LogP contribution < -0.4 is 9.47 Å². The van der Waals surface area contributed by atoms with Crippen LogP contribution in [0.5, 0.6) is 17.2 Å². The number of ether oxygens (including phenoxy) is 2. The number of phenols is 1. The Morgan fingerprint density at radius 1 is 1.00 bits per heavy atom. The maximum Gasteiger partial charge on any atom is 0.124 e. The average molecular weight is 285 g/mol. The first kappa shape index (κ1) is 14.9. The minimum Gasteiger partial charge on any atom is -0.507 e. The Morgan fingerprint density at radius 3 is 2.33 bits per heavy atom. The van der Waals surface area contributed by atoms with E-state index in [1.807, 2.05) is 24.3 Å². The predicted molar refractivity (Wildman–Crippen MR) is 83.8 cm³/mol. The molecular formula is C17H19NO3. The van der Waals surface area contributed by atoms with E-state index < -0.39 is 0 Å². The fourth-order valence-corrected chi connectivity index (χ4v) is 1.91. The van der Waals surface area contributed by atoms with Crippen LogP contribution >= 0.6 is 0 Å². The molecule has 0 unspecified atom stereocenters. The summed E-state index contributed by atoms with van der Waals surface area (Å²) < 4.78 is 10.2. The van der Waals surface area contributed by atoms with E-state index in [0.717, 1.165) is 12.2 Å². The van der Waals surface area contributed by atoms with Crippen molar-refractivity contribution in [3.05, 3.63) is 53.6 Å². The van der Waals surface area contributed by atoms with E-state index in [4.69, 9.17) is 9.47 Å². The van der Waals surface area contributed by atoms with E-state index in [0.29, 0.717) is 17.9 Å². The van der Waals surface area contributed by atoms with Crippen LogP contribution in [0.2, 0.25) is 0 Å². The maximum absolute atomic E-state index is 9.74. The molecule has 21 heavy (non-hydrogen) atoms. The lowest BCUT2D eigenvalue weighted by Gasteiger charge is -2.03. The van der Waals surface area contributed by atoms with Crippen LogP contribution in [0.15, 0.2) is 47.5 Å². The van der Waals surface area contributed by atoms with Gasteiger partial charge in [0.2, 0.25) is 0 Å². The van der Waals surface area contributed by atoms with E-state index in [-0.39, 0.29) is 5.75 Å². The van der Waals surface area contributed by atoms with Crippen molar-refractivity contribution in [3.63, 3.8) is 0 Å². The van der Waals surface area contributed by atoms with Gasteiger partial charge in [0.05, 0.1) is 14.2 Å². The highest BCUT2D eigenvalue weighted by Crippen LogP contribution is 2.21. The molecule has 0 aliphatic carbocycles. The molecule has 4 nitrogen and oxygen atoms in total. The smallest absolute Gasteiger partial charge is 0.124 e. The van der Waals surface area contributed by atoms with Gasteiger partial charge in [-0.1, -0.05) is 12.1 Å². The second-order valence-electron chi connectivity index (χ2n) is 4.56. The topological polar surface area (TPSA) is 51.0 Å². The summed E-state index contributed by atoms with van der Waals surface area (Å²) in [7, 11) is 3.25. The molecule has 0 saturated carbocycles. The van der Waals surface area contributed by atoms with Crippen LogP contribution in [-0.2, 0) is 6.42 Å². The molecule has 2 aromatic rings. The monoisotopic (exact) mass is 285 g/mol. The van der Waals surface area contributed by atoms with Gasteiger partial charge in [0.15, 0.2) is 0 Å². The van der Waals surface area contributed by atoms with E-state index in [1.54, 1.807) is 38.6 Å². The second kappa shape index (κ2) is 7.33. The number of aromatic hydroxyl groups is 1. The summed E-state index contributed by atoms with van der Waals surface area (Å²) in [4.78, 5) is 4.34. The van der Waals surface area contributed by atoms with Crippen molar-refractivity contribution >= 4 is 6.21 Å². The Balaban J connectivity index is 1.93. The van der Waals surface area contributed by atoms with Gasteiger partial charge in [-0.15, -0.1) is 0 Å². The van der Waals surface area contributed by atoms with Gasteiger partial charge in [0.1, 0.15) is 17.2 Å². The molecule has 0 fully saturated rings. The number of hydrogen-bond acceptors (Lipinski definition) is 4. The minimum atomic E-state index is 0.198. The zero-order chi connectivity index (χ0) is 15.1. The standard InChI is InChI=1S/C17H19NO3/c1-20-15-5-3-13(4-6-15)9-10-18-12-14-11-16(21-2)7-8-17(14)19/h3-8,11-12,19H,9-10H2,1-2H3. The van der Waals surface area contributed by atoms with Crippen molar-refractivity contribution in [2.45, 2.75) is 6.42 Å². The third-order valence-electron chi connectivity index (χ3n) is 3.15. The van der Waals surface area contributed by atoms with Gasteiger partial charge < -0.3 is 14.6 Å². The number of aliphatic imine (C=N–C) groups is 1. The van der Waals surface area contributed by atoms with Crippen LogP contribution in [0.1, 0.15) is 11.1 Å². The Labute approximate surface area is 124 Å². The number of benzene rings is 2. The van der Waals surface area contributed by atoms with E-state index in [1.165, 1.54) is 5.56 Å². The largest absolute Gasteiger partial charge is 0.507 e. The van der Waals surface area contributed by atoms with Crippen LogP contribution in [0, 0.1) is 0 Å². The van der Waals surface area contributed by atoms with Crippen molar-refractivity contribution in [1.82, 2.24) is 0 Å². The molecule has 0 saturated heterocycles. The van der Waals surface area contributed by atoms with Gasteiger partial charge >= 0.3 is 0 Å². The summed E-state index contributed by atoms with van der Waals surface area (Å²) in [5, 5.41) is 9.74. The van der Waals surface area contributed by atoms with Gasteiger partial charge in [-0.25, -0.2) is 0 Å². The zero-order valence-corrected chi connectivity index (χ0v) is 12.2. The fourth-order valence-electron chi connectivity index (χ4n) is 1.91. The van der Waals surface area contributed by atoms with E-state index in [9.17, 15) is 5.11 Å². The molecule has 2 aromatic carbocycles. The second-order valence-corrected chi connectivity index (χ2v) is 4.56. The molecule has 2 rings (SSSR count). The summed E-state index contributed by atoms with van der Waals surface area (Å²) in [6, 6.07) is 13.0. The van der Waals surface area contributed by atoms with E-state index in [2.05, 4.69) is 4.99 Å². The quantitative estimate of drug-likeness (QED) is 0.830. The zero-order valence-electron chi connectivity index (χ0n) is 12.2. The maximum atomic E-state index is 9.74. The van der Waals surface area contributed by atoms with Crippen LogP contribution in [-0.4, -0.2) is 32.1 Å². The predicted octanol–water partition coefficient (Wildman–Crippen LogP) is 3.07. The summed E-state index contributed by atoms with van der Waals surface area (Å²) in [5.41, 5.74) is 1.85. The van der Waals surface area contributed by atoms with Crippen molar-refractivity contribution in [3.8, 4) is 17.2 Å². The summed E-state index contributed by atoms with van der Waals surface area (Å²) in [6.45, 7) is 0.656. The Morgan fingerprint density at radius 2 is 1.67 bits per heavy atom. The van der Waals surface area contributed by atoms with Crippen LogP contribution in [0.25, 0.3) is 0 Å². The van der Waals surface area contributed by atoms with Gasteiger partial charge in [0.25, 0.3) is 0 Å². The van der Waals surface area contributed by atoms with Crippen molar-refractivity contribution in [2.75, 3.05) is 20.8 Å². The summed E-state index contributed by atoms with van der Waals surface area (Å²) in [5.74, 6) is 1.75. The van der Waals surface area contributed by atoms with Crippen molar-refractivity contribution < 1.29 is 14.6 Å². The first-order valence-electron chi connectivity index (χ1n) is 6.72. The molecule has 0 radical (unpaired) electrons. The number of methoxy groups -OCH3 is 2. The normalized spacial score (nSPS) is 10.8. The first-order valence-corrected chi connectivity index (χ1v) is 6.72. The van der Waals surface area contributed by atoms with Crippen LogP contribution in [0.3, 0.4) is 0 Å². The van der Waals surface area contributed by atoms with Gasteiger partial charge in [-0.2, -0.15) is 0 Å². The number of hydrogen-bond donors (Lipinski definition) is 1. The SMILES string of the molecule is COc1ccc(CCN=Cc2cc(OC)ccc2O)cc1. The van der Waals surface area contributed by atoms with E-state index >= 15 is 0 Å². The highest BCUT2D eigenvalue weighted by atomic mass is 16.5. The van der Waals surface area contributed by atoms with Gasteiger partial charge in [-0.3, -0.25) is 4.99 Å². The molecule has 4 heteroatoms. The number of nitrogens with zero attached hydrogens (tertiary/aromatic N) is 1. The Bertz CT molecular complexity index is 606.